The first-order valence-corrected chi connectivity index (χ1v) is 9.66. The van der Waals surface area contributed by atoms with E-state index in [0.717, 1.165) is 12.2 Å². The Hall–Kier alpha value is -3.46. The highest BCUT2D eigenvalue weighted by atomic mass is 16.5. The molecule has 0 radical (unpaired) electrons. The van der Waals surface area contributed by atoms with Crippen LogP contribution in [0.4, 0.5) is 5.69 Å². The maximum Gasteiger partial charge on any atom is 0.266 e. The average Bonchev–Trinajstić information content (AvgIpc) is 2.73. The molecular weight excluding hydrogens is 368 g/mol. The van der Waals surface area contributed by atoms with Crippen molar-refractivity contribution >= 4 is 17.7 Å². The van der Waals surface area contributed by atoms with Gasteiger partial charge in [0.25, 0.3) is 5.91 Å². The van der Waals surface area contributed by atoms with Crippen molar-refractivity contribution in [3.8, 4) is 23.3 Å². The van der Waals surface area contributed by atoms with E-state index in [1.807, 2.05) is 26.8 Å². The van der Waals surface area contributed by atoms with Gasteiger partial charge in [-0.2, -0.15) is 5.26 Å². The van der Waals surface area contributed by atoms with Crippen molar-refractivity contribution in [1.82, 2.24) is 0 Å². The minimum absolute atomic E-state index is 0.0106. The topological polar surface area (TPSA) is 80.6 Å². The molecule has 2 rings (SSSR count). The number of carbonyl (C=O) groups excluding carboxylic acids is 1. The molecule has 29 heavy (non-hydrogen) atoms. The molecule has 0 unspecified atom stereocenters. The van der Waals surface area contributed by atoms with Crippen LogP contribution in [0.2, 0.25) is 0 Å². The van der Waals surface area contributed by atoms with E-state index in [1.54, 1.807) is 42.5 Å². The fourth-order valence-corrected chi connectivity index (χ4v) is 2.53. The summed E-state index contributed by atoms with van der Waals surface area (Å²) in [4.78, 5) is 12.5. The van der Waals surface area contributed by atoms with Gasteiger partial charge in [0.1, 0.15) is 17.4 Å². The summed E-state index contributed by atoms with van der Waals surface area (Å²) in [5.74, 6) is 1.46. The minimum atomic E-state index is -0.485. The van der Waals surface area contributed by atoms with Gasteiger partial charge in [-0.1, -0.05) is 13.0 Å². The van der Waals surface area contributed by atoms with Crippen LogP contribution in [0.25, 0.3) is 6.08 Å². The van der Waals surface area contributed by atoms with Gasteiger partial charge in [-0.05, 0) is 68.3 Å². The number of rotatable bonds is 10. The predicted molar refractivity (Wildman–Crippen MR) is 113 cm³/mol. The fourth-order valence-electron chi connectivity index (χ4n) is 2.53. The first-order valence-electron chi connectivity index (χ1n) is 9.66. The summed E-state index contributed by atoms with van der Waals surface area (Å²) in [5, 5.41) is 12.2. The summed E-state index contributed by atoms with van der Waals surface area (Å²) in [5.41, 5.74) is 1.25. The second-order valence-electron chi connectivity index (χ2n) is 6.07. The number of hydrogen-bond donors (Lipinski definition) is 1. The molecule has 1 N–H and O–H groups in total. The van der Waals surface area contributed by atoms with Gasteiger partial charge in [0.05, 0.1) is 19.8 Å². The van der Waals surface area contributed by atoms with E-state index >= 15 is 0 Å². The molecule has 6 heteroatoms. The third-order valence-electron chi connectivity index (χ3n) is 3.83. The van der Waals surface area contributed by atoms with Gasteiger partial charge in [-0.15, -0.1) is 0 Å². The van der Waals surface area contributed by atoms with E-state index in [-0.39, 0.29) is 5.57 Å². The van der Waals surface area contributed by atoms with Crippen molar-refractivity contribution < 1.29 is 19.0 Å². The fraction of sp³-hybridized carbons (Fsp3) is 0.304. The predicted octanol–water partition coefficient (Wildman–Crippen LogP) is 4.82. The van der Waals surface area contributed by atoms with Gasteiger partial charge >= 0.3 is 0 Å². The Morgan fingerprint density at radius 2 is 1.72 bits per heavy atom. The zero-order chi connectivity index (χ0) is 21.1. The van der Waals surface area contributed by atoms with E-state index < -0.39 is 5.91 Å². The summed E-state index contributed by atoms with van der Waals surface area (Å²) in [6, 6.07) is 14.3. The van der Waals surface area contributed by atoms with Crippen molar-refractivity contribution in [3.63, 3.8) is 0 Å². The molecule has 2 aromatic rings. The van der Waals surface area contributed by atoms with E-state index in [4.69, 9.17) is 14.2 Å². The Labute approximate surface area is 171 Å². The Morgan fingerprint density at radius 1 is 1.00 bits per heavy atom. The molecule has 152 valence electrons. The molecule has 0 bridgehead atoms. The van der Waals surface area contributed by atoms with Crippen LogP contribution in [0, 0.1) is 11.3 Å². The van der Waals surface area contributed by atoms with Crippen molar-refractivity contribution in [2.24, 2.45) is 0 Å². The highest BCUT2D eigenvalue weighted by Crippen LogP contribution is 2.29. The first-order chi connectivity index (χ1) is 14.1. The van der Waals surface area contributed by atoms with Crippen LogP contribution in [0.3, 0.4) is 0 Å². The van der Waals surface area contributed by atoms with Crippen LogP contribution in [-0.4, -0.2) is 25.7 Å². The molecule has 0 aliphatic rings. The Bertz CT molecular complexity index is 883. The normalized spacial score (nSPS) is 10.8. The first kappa shape index (κ1) is 21.8. The molecule has 0 saturated carbocycles. The van der Waals surface area contributed by atoms with Crippen molar-refractivity contribution in [2.45, 2.75) is 27.2 Å². The second kappa shape index (κ2) is 11.4. The number of nitrogens with zero attached hydrogens (tertiary/aromatic N) is 1. The molecule has 0 heterocycles. The van der Waals surface area contributed by atoms with E-state index in [9.17, 15) is 10.1 Å². The molecule has 0 spiro atoms. The number of anilines is 1. The van der Waals surface area contributed by atoms with Crippen molar-refractivity contribution in [2.75, 3.05) is 25.1 Å². The summed E-state index contributed by atoms with van der Waals surface area (Å²) < 4.78 is 16.7. The van der Waals surface area contributed by atoms with Crippen LogP contribution in [0.5, 0.6) is 17.2 Å². The largest absolute Gasteiger partial charge is 0.494 e. The average molecular weight is 394 g/mol. The van der Waals surface area contributed by atoms with Gasteiger partial charge in [0, 0.05) is 5.69 Å². The number of nitrogens with one attached hydrogen (secondary N) is 1. The molecule has 0 aromatic heterocycles. The second-order valence-corrected chi connectivity index (χ2v) is 6.07. The Morgan fingerprint density at radius 3 is 2.34 bits per heavy atom. The van der Waals surface area contributed by atoms with Gasteiger partial charge in [-0.3, -0.25) is 4.79 Å². The number of benzene rings is 2. The lowest BCUT2D eigenvalue weighted by Crippen LogP contribution is -2.13. The molecule has 1 amide bonds. The number of ether oxygens (including phenoxy) is 3. The van der Waals surface area contributed by atoms with Crippen LogP contribution in [0.15, 0.2) is 48.0 Å². The quantitative estimate of drug-likeness (QED) is 0.462. The van der Waals surface area contributed by atoms with E-state index in [1.165, 1.54) is 6.08 Å². The lowest BCUT2D eigenvalue weighted by atomic mass is 10.1. The number of hydrogen-bond acceptors (Lipinski definition) is 5. The lowest BCUT2D eigenvalue weighted by molar-refractivity contribution is -0.112. The van der Waals surface area contributed by atoms with Crippen LogP contribution in [-0.2, 0) is 4.79 Å². The molecule has 0 atom stereocenters. The number of carbonyl (C=O) groups is 1. The highest BCUT2D eigenvalue weighted by molar-refractivity contribution is 6.09. The zero-order valence-electron chi connectivity index (χ0n) is 17.0. The maximum atomic E-state index is 12.5. The highest BCUT2D eigenvalue weighted by Gasteiger charge is 2.11. The molecule has 2 aromatic carbocycles. The van der Waals surface area contributed by atoms with Gasteiger partial charge in [0.15, 0.2) is 11.5 Å². The van der Waals surface area contributed by atoms with Crippen molar-refractivity contribution in [1.29, 1.82) is 5.26 Å². The molecule has 6 nitrogen and oxygen atoms in total. The van der Waals surface area contributed by atoms with Crippen molar-refractivity contribution in [3.05, 3.63) is 53.6 Å². The summed E-state index contributed by atoms with van der Waals surface area (Å²) in [7, 11) is 0. The minimum Gasteiger partial charge on any atom is -0.494 e. The monoisotopic (exact) mass is 394 g/mol. The maximum absolute atomic E-state index is 12.5. The van der Waals surface area contributed by atoms with Gasteiger partial charge in [0.2, 0.25) is 0 Å². The Kier molecular flexibility index (Phi) is 8.58. The van der Waals surface area contributed by atoms with Crippen LogP contribution < -0.4 is 19.5 Å². The number of amides is 1. The van der Waals surface area contributed by atoms with Gasteiger partial charge < -0.3 is 19.5 Å². The lowest BCUT2D eigenvalue weighted by Gasteiger charge is -2.12. The molecule has 0 aliphatic heterocycles. The molecule has 0 aliphatic carbocycles. The summed E-state index contributed by atoms with van der Waals surface area (Å²) >= 11 is 0. The third kappa shape index (κ3) is 6.58. The van der Waals surface area contributed by atoms with Crippen LogP contribution >= 0.6 is 0 Å². The summed E-state index contributed by atoms with van der Waals surface area (Å²) in [6.45, 7) is 7.46. The molecular formula is C23H26N2O4. The molecule has 0 fully saturated rings. The summed E-state index contributed by atoms with van der Waals surface area (Å²) in [6.07, 6.45) is 2.41. The van der Waals surface area contributed by atoms with E-state index in [2.05, 4.69) is 5.32 Å². The van der Waals surface area contributed by atoms with Gasteiger partial charge in [-0.25, -0.2) is 0 Å². The molecule has 0 saturated heterocycles. The third-order valence-corrected chi connectivity index (χ3v) is 3.83. The smallest absolute Gasteiger partial charge is 0.266 e. The SMILES string of the molecule is CCCOc1ccc(/C=C(\C#N)C(=O)Nc2ccc(OCC)cc2)cc1OCC. The number of nitriles is 1. The van der Waals surface area contributed by atoms with Crippen LogP contribution in [0.1, 0.15) is 32.8 Å². The Balaban J connectivity index is 2.18. The zero-order valence-corrected chi connectivity index (χ0v) is 17.0. The van der Waals surface area contributed by atoms with E-state index in [0.29, 0.717) is 42.6 Å². The standard InChI is InChI=1S/C23H26N2O4/c1-4-13-29-21-12-7-17(15-22(21)28-6-3)14-18(16-24)23(26)25-19-8-10-20(11-9-19)27-5-2/h7-12,14-15H,4-6,13H2,1-3H3,(H,25,26)/b18-14+.